The number of nitrogens with one attached hydrogen (secondary N) is 1. The first-order chi connectivity index (χ1) is 15.4. The maximum Gasteiger partial charge on any atom is 0.325 e. The van der Waals surface area contributed by atoms with Gasteiger partial charge in [0.05, 0.1) is 12.2 Å². The van der Waals surface area contributed by atoms with Crippen LogP contribution in [0.3, 0.4) is 0 Å². The average molecular weight is 426 g/mol. The minimum absolute atomic E-state index is 0.0359. The van der Waals surface area contributed by atoms with Gasteiger partial charge in [0, 0.05) is 0 Å². The minimum Gasteiger partial charge on any atom is -0.319 e. The summed E-state index contributed by atoms with van der Waals surface area (Å²) in [5.41, 5.74) is 2.41. The molecule has 0 bridgehead atoms. The number of rotatable bonds is 4. The Labute approximate surface area is 184 Å². The van der Waals surface area contributed by atoms with E-state index < -0.39 is 11.6 Å². The summed E-state index contributed by atoms with van der Waals surface area (Å²) in [6, 6.07) is 19.0. The van der Waals surface area contributed by atoms with Crippen molar-refractivity contribution in [3.05, 3.63) is 83.2 Å². The minimum atomic E-state index is -1.19. The molecule has 0 saturated carbocycles. The van der Waals surface area contributed by atoms with Crippen molar-refractivity contribution in [2.24, 2.45) is 0 Å². The topological polar surface area (TPSA) is 93.0 Å². The summed E-state index contributed by atoms with van der Waals surface area (Å²) in [6.45, 7) is 5.65. The third kappa shape index (κ3) is 2.95. The van der Waals surface area contributed by atoms with Gasteiger partial charge in [-0.25, -0.2) is 4.79 Å². The van der Waals surface area contributed by atoms with Crippen LogP contribution in [0.25, 0.3) is 16.5 Å². The normalized spacial score (nSPS) is 18.4. The van der Waals surface area contributed by atoms with Crippen molar-refractivity contribution in [1.29, 1.82) is 0 Å². The molecule has 1 aliphatic heterocycles. The third-order valence-corrected chi connectivity index (χ3v) is 6.09. The number of amides is 3. The van der Waals surface area contributed by atoms with Crippen molar-refractivity contribution >= 4 is 22.7 Å². The molecular weight excluding hydrogens is 404 g/mol. The number of benzene rings is 3. The number of urea groups is 1. The number of carbonyl (C=O) groups excluding carboxylic acids is 2. The number of carbonyl (C=O) groups is 2. The zero-order valence-corrected chi connectivity index (χ0v) is 18.0. The van der Waals surface area contributed by atoms with Gasteiger partial charge in [0.1, 0.15) is 5.54 Å². The standard InChI is InChI=1S/C24H22N6O2/c1-15-8-6-9-16(2)21(15)30-20(26-27-28-30)14-29-22(31)24(3,25-23(29)32)19-13-7-11-17-10-4-5-12-18(17)19/h4-13H,14H2,1-3H3,(H,25,32)/t24-/m0/s1. The summed E-state index contributed by atoms with van der Waals surface area (Å²) in [6.07, 6.45) is 0. The van der Waals surface area contributed by atoms with Crippen LogP contribution in [0.5, 0.6) is 0 Å². The van der Waals surface area contributed by atoms with Crippen LogP contribution >= 0.6 is 0 Å². The number of imide groups is 1. The highest BCUT2D eigenvalue weighted by molar-refractivity contribution is 6.09. The molecule has 3 amide bonds. The van der Waals surface area contributed by atoms with E-state index in [0.29, 0.717) is 5.82 Å². The number of fused-ring (bicyclic) bond motifs is 1. The second-order valence-electron chi connectivity index (χ2n) is 8.22. The van der Waals surface area contributed by atoms with Gasteiger partial charge in [0.25, 0.3) is 5.91 Å². The fourth-order valence-electron chi connectivity index (χ4n) is 4.44. The first kappa shape index (κ1) is 19.9. The molecule has 1 fully saturated rings. The van der Waals surface area contributed by atoms with Crippen molar-refractivity contribution in [2.75, 3.05) is 0 Å². The first-order valence-electron chi connectivity index (χ1n) is 10.4. The van der Waals surface area contributed by atoms with Gasteiger partial charge >= 0.3 is 6.03 Å². The lowest BCUT2D eigenvalue weighted by atomic mass is 9.88. The van der Waals surface area contributed by atoms with Crippen LogP contribution < -0.4 is 5.32 Å². The SMILES string of the molecule is Cc1cccc(C)c1-n1nnnc1CN1C(=O)N[C@@](C)(c2cccc3ccccc23)C1=O. The molecule has 2 heterocycles. The van der Waals surface area contributed by atoms with Gasteiger partial charge in [-0.3, -0.25) is 9.69 Å². The van der Waals surface area contributed by atoms with E-state index in [2.05, 4.69) is 20.8 Å². The Hall–Kier alpha value is -4.07. The molecule has 32 heavy (non-hydrogen) atoms. The molecule has 1 atom stereocenters. The fraction of sp³-hybridized carbons (Fsp3) is 0.208. The Balaban J connectivity index is 1.52. The van der Waals surface area contributed by atoms with Crippen molar-refractivity contribution in [3.63, 3.8) is 0 Å². The molecule has 160 valence electrons. The molecular formula is C24H22N6O2. The van der Waals surface area contributed by atoms with Crippen molar-refractivity contribution in [2.45, 2.75) is 32.9 Å². The van der Waals surface area contributed by atoms with E-state index in [1.807, 2.05) is 74.5 Å². The second kappa shape index (κ2) is 7.26. The van der Waals surface area contributed by atoms with Gasteiger partial charge in [0.15, 0.2) is 5.82 Å². The van der Waals surface area contributed by atoms with Gasteiger partial charge in [-0.2, -0.15) is 4.68 Å². The smallest absolute Gasteiger partial charge is 0.319 e. The molecule has 8 nitrogen and oxygen atoms in total. The summed E-state index contributed by atoms with van der Waals surface area (Å²) < 4.78 is 1.60. The molecule has 1 N–H and O–H groups in total. The van der Waals surface area contributed by atoms with E-state index in [1.165, 1.54) is 4.90 Å². The van der Waals surface area contributed by atoms with Crippen LogP contribution in [-0.2, 0) is 16.9 Å². The largest absolute Gasteiger partial charge is 0.325 e. The number of tetrazole rings is 1. The van der Waals surface area contributed by atoms with E-state index >= 15 is 0 Å². The number of aromatic nitrogens is 4. The molecule has 1 saturated heterocycles. The Morgan fingerprint density at radius 2 is 1.62 bits per heavy atom. The maximum atomic E-state index is 13.6. The van der Waals surface area contributed by atoms with Crippen molar-refractivity contribution in [1.82, 2.24) is 30.4 Å². The van der Waals surface area contributed by atoms with Crippen LogP contribution in [0.2, 0.25) is 0 Å². The zero-order valence-electron chi connectivity index (χ0n) is 18.0. The average Bonchev–Trinajstić information content (AvgIpc) is 3.32. The Kier molecular flexibility index (Phi) is 4.51. The summed E-state index contributed by atoms with van der Waals surface area (Å²) >= 11 is 0. The van der Waals surface area contributed by atoms with Crippen LogP contribution in [0.15, 0.2) is 60.7 Å². The summed E-state index contributed by atoms with van der Waals surface area (Å²) in [5, 5.41) is 16.9. The maximum absolute atomic E-state index is 13.6. The predicted octanol–water partition coefficient (Wildman–Crippen LogP) is 3.40. The highest BCUT2D eigenvalue weighted by Gasteiger charge is 2.50. The lowest BCUT2D eigenvalue weighted by Crippen LogP contribution is -2.41. The van der Waals surface area contributed by atoms with Gasteiger partial charge in [-0.1, -0.05) is 60.7 Å². The quantitative estimate of drug-likeness (QED) is 0.505. The molecule has 0 spiro atoms. The van der Waals surface area contributed by atoms with E-state index in [-0.39, 0.29) is 12.5 Å². The number of aryl methyl sites for hydroxylation is 2. The highest BCUT2D eigenvalue weighted by Crippen LogP contribution is 2.34. The molecule has 4 aromatic rings. The number of para-hydroxylation sites is 1. The molecule has 8 heteroatoms. The molecule has 3 aromatic carbocycles. The van der Waals surface area contributed by atoms with Crippen LogP contribution in [0.1, 0.15) is 29.4 Å². The molecule has 0 aliphatic carbocycles. The monoisotopic (exact) mass is 426 g/mol. The van der Waals surface area contributed by atoms with Gasteiger partial charge in [0.2, 0.25) is 0 Å². The third-order valence-electron chi connectivity index (χ3n) is 6.09. The van der Waals surface area contributed by atoms with Crippen molar-refractivity contribution < 1.29 is 9.59 Å². The van der Waals surface area contributed by atoms with Crippen LogP contribution in [0, 0.1) is 13.8 Å². The number of hydrogen-bond acceptors (Lipinski definition) is 5. The molecule has 1 aromatic heterocycles. The fourth-order valence-corrected chi connectivity index (χ4v) is 4.44. The molecule has 5 rings (SSSR count). The summed E-state index contributed by atoms with van der Waals surface area (Å²) in [5.74, 6) is 0.0722. The summed E-state index contributed by atoms with van der Waals surface area (Å²) in [4.78, 5) is 27.7. The second-order valence-corrected chi connectivity index (χ2v) is 8.22. The highest BCUT2D eigenvalue weighted by atomic mass is 16.2. The molecule has 0 radical (unpaired) electrons. The molecule has 0 unspecified atom stereocenters. The first-order valence-corrected chi connectivity index (χ1v) is 10.4. The predicted molar refractivity (Wildman–Crippen MR) is 119 cm³/mol. The van der Waals surface area contributed by atoms with Crippen molar-refractivity contribution in [3.8, 4) is 5.69 Å². The van der Waals surface area contributed by atoms with Crippen LogP contribution in [0.4, 0.5) is 4.79 Å². The van der Waals surface area contributed by atoms with Gasteiger partial charge in [-0.05, 0) is 58.7 Å². The Morgan fingerprint density at radius 1 is 0.938 bits per heavy atom. The van der Waals surface area contributed by atoms with Crippen LogP contribution in [-0.4, -0.2) is 37.0 Å². The number of nitrogens with zero attached hydrogens (tertiary/aromatic N) is 5. The van der Waals surface area contributed by atoms with E-state index in [1.54, 1.807) is 11.6 Å². The molecule has 1 aliphatic rings. The summed E-state index contributed by atoms with van der Waals surface area (Å²) in [7, 11) is 0. The van der Waals surface area contributed by atoms with E-state index in [9.17, 15) is 9.59 Å². The van der Waals surface area contributed by atoms with Gasteiger partial charge < -0.3 is 5.32 Å². The van der Waals surface area contributed by atoms with E-state index in [0.717, 1.165) is 33.2 Å². The Morgan fingerprint density at radius 3 is 2.41 bits per heavy atom. The lowest BCUT2D eigenvalue weighted by molar-refractivity contribution is -0.131. The van der Waals surface area contributed by atoms with Gasteiger partial charge in [-0.15, -0.1) is 5.10 Å². The Bertz CT molecular complexity index is 1350. The zero-order chi connectivity index (χ0) is 22.5. The number of hydrogen-bond donors (Lipinski definition) is 1. The van der Waals surface area contributed by atoms with E-state index in [4.69, 9.17) is 0 Å². The lowest BCUT2D eigenvalue weighted by Gasteiger charge is -2.24.